The van der Waals surface area contributed by atoms with Gasteiger partial charge in [0.15, 0.2) is 29.1 Å². The Morgan fingerprint density at radius 3 is 0.888 bits per heavy atom. The lowest BCUT2D eigenvalue weighted by molar-refractivity contribution is 0.875. The van der Waals surface area contributed by atoms with Gasteiger partial charge in [-0.25, -0.2) is 69.8 Å². The summed E-state index contributed by atoms with van der Waals surface area (Å²) in [5.74, 6) is 8.98. The fraction of sp³-hybridized carbons (Fsp3) is 0.200. The molecule has 15 rings (SSSR count). The van der Waals surface area contributed by atoms with E-state index < -0.39 is 0 Å². The summed E-state index contributed by atoms with van der Waals surface area (Å²) in [6, 6.07) is 54.1. The molecular weight excluding hydrogens is 1330 g/mol. The Morgan fingerprint density at radius 1 is 0.196 bits per heavy atom. The SMILES string of the molecule is Cc1cccc(-c2nc(C)nc(-c3cccc(C)c3)n2)c1.Cc1cnc(C)cn1.Cc1cncc(-c2ccc(C)nc2C)n1.Cc1cncc(-c2cccnc2)n1.Cc1cncc(C)n1.Cc1nc(-c2ccccc2)nc(-c2ccccc2)n1.Cc1nc(C)nc(-c2ccccc2)n1.Cc1nc(C)nc(C)n1. The first kappa shape index (κ1) is 79.5. The molecule has 10 aromatic heterocycles. The molecule has 107 heavy (non-hydrogen) atoms. The van der Waals surface area contributed by atoms with Crippen LogP contribution >= 0.6 is 0 Å². The molecule has 22 heteroatoms. The highest BCUT2D eigenvalue weighted by atomic mass is 15.0. The van der Waals surface area contributed by atoms with Crippen LogP contribution in [-0.4, -0.2) is 110 Å². The minimum atomic E-state index is 0.715. The zero-order chi connectivity index (χ0) is 76.6. The van der Waals surface area contributed by atoms with Crippen molar-refractivity contribution in [3.63, 3.8) is 0 Å². The van der Waals surface area contributed by atoms with Gasteiger partial charge in [-0.1, -0.05) is 139 Å². The molecule has 0 spiro atoms. The van der Waals surface area contributed by atoms with Gasteiger partial charge in [0.2, 0.25) is 0 Å². The predicted molar refractivity (Wildman–Crippen MR) is 422 cm³/mol. The molecule has 22 nitrogen and oxygen atoms in total. The second kappa shape index (κ2) is 40.6. The monoisotopic (exact) mass is 1420 g/mol. The van der Waals surface area contributed by atoms with Crippen molar-refractivity contribution in [2.45, 2.75) is 118 Å². The van der Waals surface area contributed by atoms with Crippen LogP contribution in [0.2, 0.25) is 0 Å². The van der Waals surface area contributed by atoms with E-state index in [2.05, 4.69) is 148 Å². The Balaban J connectivity index is 0.000000158. The Bertz CT molecular complexity index is 5040. The molecule has 0 radical (unpaired) electrons. The van der Waals surface area contributed by atoms with E-state index in [4.69, 9.17) is 0 Å². The van der Waals surface area contributed by atoms with Crippen molar-refractivity contribution in [3.05, 3.63) is 323 Å². The molecule has 0 atom stereocenters. The number of nitrogens with zero attached hydrogens (tertiary/aromatic N) is 22. The first-order valence-electron chi connectivity index (χ1n) is 34.5. The number of hydrogen-bond donors (Lipinski definition) is 0. The van der Waals surface area contributed by atoms with Gasteiger partial charge in [-0.3, -0.25) is 39.9 Å². The summed E-state index contributed by atoms with van der Waals surface area (Å²) in [6.07, 6.45) is 17.5. The third-order valence-corrected chi connectivity index (χ3v) is 14.7. The molecule has 10 heterocycles. The number of hydrogen-bond acceptors (Lipinski definition) is 22. The van der Waals surface area contributed by atoms with Crippen LogP contribution in [0.1, 0.15) is 97.4 Å². The normalized spacial score (nSPS) is 10.1. The van der Waals surface area contributed by atoms with Crippen molar-refractivity contribution in [1.29, 1.82) is 0 Å². The minimum absolute atomic E-state index is 0.715. The highest BCUT2D eigenvalue weighted by Gasteiger charge is 2.11. The van der Waals surface area contributed by atoms with Crippen LogP contribution in [0.3, 0.4) is 0 Å². The Kier molecular flexibility index (Phi) is 30.1. The highest BCUT2D eigenvalue weighted by Crippen LogP contribution is 2.24. The van der Waals surface area contributed by atoms with Gasteiger partial charge in [-0.15, -0.1) is 0 Å². The molecule has 0 bridgehead atoms. The molecule has 0 N–H and O–H groups in total. The lowest BCUT2D eigenvalue weighted by atomic mass is 10.1. The van der Waals surface area contributed by atoms with Gasteiger partial charge in [0.05, 0.1) is 57.9 Å². The fourth-order valence-corrected chi connectivity index (χ4v) is 10.0. The Labute approximate surface area is 626 Å². The number of benzene rings is 5. The smallest absolute Gasteiger partial charge is 0.163 e. The lowest BCUT2D eigenvalue weighted by Gasteiger charge is -2.06. The Morgan fingerprint density at radius 2 is 0.533 bits per heavy atom. The number of aromatic nitrogens is 22. The van der Waals surface area contributed by atoms with E-state index in [1.807, 2.05) is 243 Å². The van der Waals surface area contributed by atoms with E-state index in [1.54, 1.807) is 62.0 Å². The van der Waals surface area contributed by atoms with Crippen LogP contribution in [0.4, 0.5) is 0 Å². The first-order chi connectivity index (χ1) is 51.5. The molecule has 538 valence electrons. The van der Waals surface area contributed by atoms with Gasteiger partial charge < -0.3 is 0 Å². The zero-order valence-electron chi connectivity index (χ0n) is 63.7. The lowest BCUT2D eigenvalue weighted by Crippen LogP contribution is -1.99. The van der Waals surface area contributed by atoms with Crippen LogP contribution in [-0.2, 0) is 0 Å². The molecular formula is C85H88N22. The van der Waals surface area contributed by atoms with Crippen LogP contribution in [0, 0.1) is 118 Å². The molecule has 0 amide bonds. The molecule has 15 aromatic rings. The first-order valence-corrected chi connectivity index (χ1v) is 34.5. The van der Waals surface area contributed by atoms with Crippen molar-refractivity contribution >= 4 is 0 Å². The van der Waals surface area contributed by atoms with Gasteiger partial charge >= 0.3 is 0 Å². The van der Waals surface area contributed by atoms with Crippen LogP contribution in [0.25, 0.3) is 79.5 Å². The summed E-state index contributed by atoms with van der Waals surface area (Å²) in [5, 5.41) is 0. The highest BCUT2D eigenvalue weighted by molar-refractivity contribution is 5.64. The standard InChI is InChI=1S/C18H17N3.C16H13N3.C12H13N3.C11H11N3.C10H9N3.C6H9N3.2C6H8N2/c1-12-6-4-8-15(10-12)17-19-14(3)20-18(21-17)16-9-5-7-13(2)11-16;1-12-17-15(13-8-4-2-5-9-13)19-16(18-12)14-10-6-3-7-11-14;1-8-4-5-11(10(3)14-8)12-7-13-6-9(2)15-12;1-8-12-9(2)14-11(13-8)10-6-4-3-5-7-10;1-8-5-12-7-10(13-8)9-3-2-4-11-6-9;1-4-7-5(2)9-6(3)8-4;1-5-3-8-6(2)4-7-5;1-5-3-7-4-6(2)8-5/h4-11H,1-3H3;2-11H,1H3;4-7H,1-3H3;3-7H,1-2H3;2-7H,1H3;1-3H3;2*3-4H,1-2H3. The van der Waals surface area contributed by atoms with Gasteiger partial charge in [0, 0.05) is 99.9 Å². The van der Waals surface area contributed by atoms with E-state index in [1.165, 1.54) is 11.1 Å². The zero-order valence-corrected chi connectivity index (χ0v) is 63.7. The number of pyridine rings is 2. The average Bonchev–Trinajstić information content (AvgIpc) is 0.844. The maximum absolute atomic E-state index is 4.63. The van der Waals surface area contributed by atoms with E-state index in [0.29, 0.717) is 11.6 Å². The summed E-state index contributed by atoms with van der Waals surface area (Å²) < 4.78 is 0. The molecule has 0 unspecified atom stereocenters. The van der Waals surface area contributed by atoms with Gasteiger partial charge in [0.1, 0.15) is 40.8 Å². The van der Waals surface area contributed by atoms with E-state index in [9.17, 15) is 0 Å². The van der Waals surface area contributed by atoms with Gasteiger partial charge in [-0.2, -0.15) is 0 Å². The van der Waals surface area contributed by atoms with Crippen molar-refractivity contribution in [2.75, 3.05) is 0 Å². The molecule has 0 saturated heterocycles. The van der Waals surface area contributed by atoms with E-state index in [0.717, 1.165) is 154 Å². The fourth-order valence-electron chi connectivity index (χ4n) is 10.0. The third kappa shape index (κ3) is 27.2. The molecule has 0 fully saturated rings. The maximum atomic E-state index is 4.63. The van der Waals surface area contributed by atoms with Crippen molar-refractivity contribution in [2.24, 2.45) is 0 Å². The summed E-state index contributed by atoms with van der Waals surface area (Å²) in [5.41, 5.74) is 19.0. The van der Waals surface area contributed by atoms with E-state index in [-0.39, 0.29) is 0 Å². The largest absolute Gasteiger partial charge is 0.264 e. The van der Waals surface area contributed by atoms with E-state index >= 15 is 0 Å². The summed E-state index contributed by atoms with van der Waals surface area (Å²) in [7, 11) is 0. The molecule has 0 aliphatic rings. The summed E-state index contributed by atoms with van der Waals surface area (Å²) >= 11 is 0. The second-order valence-electron chi connectivity index (χ2n) is 24.6. The maximum Gasteiger partial charge on any atom is 0.163 e. The molecule has 0 aliphatic carbocycles. The quantitative estimate of drug-likeness (QED) is 0.143. The number of aryl methyl sites for hydroxylation is 17. The van der Waals surface area contributed by atoms with Crippen molar-refractivity contribution in [1.82, 2.24) is 110 Å². The van der Waals surface area contributed by atoms with Crippen molar-refractivity contribution in [3.8, 4) is 79.5 Å². The van der Waals surface area contributed by atoms with Gasteiger partial charge in [0.25, 0.3) is 0 Å². The third-order valence-electron chi connectivity index (χ3n) is 14.7. The van der Waals surface area contributed by atoms with Crippen LogP contribution in [0.5, 0.6) is 0 Å². The number of rotatable bonds is 7. The summed E-state index contributed by atoms with van der Waals surface area (Å²) in [6.45, 7) is 32.8. The topological polar surface area (TPSA) is 284 Å². The minimum Gasteiger partial charge on any atom is -0.264 e. The Hall–Kier alpha value is -13.2. The average molecular weight is 1420 g/mol. The molecule has 5 aromatic carbocycles. The van der Waals surface area contributed by atoms with Crippen molar-refractivity contribution < 1.29 is 0 Å². The summed E-state index contributed by atoms with van der Waals surface area (Å²) in [4.78, 5) is 93.2. The predicted octanol–water partition coefficient (Wildman–Crippen LogP) is 17.1. The van der Waals surface area contributed by atoms with Gasteiger partial charge in [-0.05, 0) is 154 Å². The van der Waals surface area contributed by atoms with Crippen LogP contribution in [0.15, 0.2) is 226 Å². The van der Waals surface area contributed by atoms with Crippen LogP contribution < -0.4 is 0 Å². The molecule has 0 saturated carbocycles. The second-order valence-corrected chi connectivity index (χ2v) is 24.6. The molecule has 0 aliphatic heterocycles.